The zero-order chi connectivity index (χ0) is 8.77. The summed E-state index contributed by atoms with van der Waals surface area (Å²) in [6, 6.07) is 0. The lowest BCUT2D eigenvalue weighted by molar-refractivity contribution is -0.105. The number of rotatable bonds is 2. The van der Waals surface area contributed by atoms with Crippen LogP contribution in [0.4, 0.5) is 0 Å². The molecule has 2 fully saturated rings. The summed E-state index contributed by atoms with van der Waals surface area (Å²) in [5.41, 5.74) is -0.744. The predicted molar refractivity (Wildman–Crippen MR) is 44.1 cm³/mol. The van der Waals surface area contributed by atoms with Gasteiger partial charge in [-0.15, -0.1) is 11.6 Å². The van der Waals surface area contributed by atoms with Gasteiger partial charge in [-0.3, -0.25) is 0 Å². The third kappa shape index (κ3) is 1.08. The fraction of sp³-hybridized carbons (Fsp3) is 1.00. The van der Waals surface area contributed by atoms with Gasteiger partial charge in [0.2, 0.25) is 0 Å². The molecule has 3 atom stereocenters. The summed E-state index contributed by atoms with van der Waals surface area (Å²) < 4.78 is 5.41. The van der Waals surface area contributed by atoms with Crippen LogP contribution in [0.5, 0.6) is 0 Å². The molecule has 0 aromatic heterocycles. The molecule has 0 radical (unpaired) electrons. The van der Waals surface area contributed by atoms with Gasteiger partial charge < -0.3 is 14.9 Å². The second-order valence-electron chi connectivity index (χ2n) is 3.66. The van der Waals surface area contributed by atoms with Crippen LogP contribution in [-0.2, 0) is 4.74 Å². The first-order valence-electron chi connectivity index (χ1n) is 4.27. The summed E-state index contributed by atoms with van der Waals surface area (Å²) in [6.07, 6.45) is 1.35. The molecular weight excluding hydrogens is 180 g/mol. The second kappa shape index (κ2) is 2.84. The number of aliphatic hydroxyl groups is 2. The van der Waals surface area contributed by atoms with E-state index in [0.29, 0.717) is 12.5 Å². The molecule has 0 bridgehead atoms. The average molecular weight is 193 g/mol. The van der Waals surface area contributed by atoms with Crippen molar-refractivity contribution in [1.82, 2.24) is 0 Å². The summed E-state index contributed by atoms with van der Waals surface area (Å²) >= 11 is 5.81. The molecule has 2 rings (SSSR count). The van der Waals surface area contributed by atoms with E-state index >= 15 is 0 Å². The standard InChI is InChI=1S/C8H13ClO3/c9-6-3-12-8(4-10,7(6)11)5-1-2-5/h5-7,10-11H,1-4H2. The van der Waals surface area contributed by atoms with Crippen LogP contribution in [0, 0.1) is 5.92 Å². The van der Waals surface area contributed by atoms with Gasteiger partial charge in [0.25, 0.3) is 0 Å². The zero-order valence-corrected chi connectivity index (χ0v) is 7.50. The molecule has 0 spiro atoms. The molecule has 12 heavy (non-hydrogen) atoms. The Balaban J connectivity index is 2.16. The molecule has 4 heteroatoms. The fourth-order valence-corrected chi connectivity index (χ4v) is 2.19. The van der Waals surface area contributed by atoms with E-state index in [1.165, 1.54) is 0 Å². The van der Waals surface area contributed by atoms with E-state index < -0.39 is 11.7 Å². The molecule has 2 N–H and O–H groups in total. The van der Waals surface area contributed by atoms with Crippen LogP contribution in [0.15, 0.2) is 0 Å². The molecule has 1 aliphatic heterocycles. The highest BCUT2D eigenvalue weighted by Crippen LogP contribution is 2.47. The average Bonchev–Trinajstić information content (AvgIpc) is 2.86. The lowest BCUT2D eigenvalue weighted by atomic mass is 9.92. The lowest BCUT2D eigenvalue weighted by Crippen LogP contribution is -2.47. The highest BCUT2D eigenvalue weighted by atomic mass is 35.5. The van der Waals surface area contributed by atoms with E-state index in [9.17, 15) is 10.2 Å². The SMILES string of the molecule is OCC1(C2CC2)OCC(Cl)C1O. The summed E-state index contributed by atoms with van der Waals surface area (Å²) in [6.45, 7) is 0.224. The molecule has 3 unspecified atom stereocenters. The van der Waals surface area contributed by atoms with Gasteiger partial charge in [-0.1, -0.05) is 0 Å². The molecule has 1 heterocycles. The van der Waals surface area contributed by atoms with E-state index in [1.807, 2.05) is 0 Å². The van der Waals surface area contributed by atoms with Gasteiger partial charge in [-0.25, -0.2) is 0 Å². The van der Waals surface area contributed by atoms with Crippen LogP contribution in [-0.4, -0.2) is 40.5 Å². The highest BCUT2D eigenvalue weighted by Gasteiger charge is 2.56. The number of hydrogen-bond acceptors (Lipinski definition) is 3. The highest BCUT2D eigenvalue weighted by molar-refractivity contribution is 6.21. The monoisotopic (exact) mass is 192 g/mol. The maximum atomic E-state index is 9.70. The third-order valence-corrected chi connectivity index (χ3v) is 3.23. The van der Waals surface area contributed by atoms with E-state index in [1.54, 1.807) is 0 Å². The Morgan fingerprint density at radius 1 is 1.50 bits per heavy atom. The van der Waals surface area contributed by atoms with Crippen molar-refractivity contribution in [1.29, 1.82) is 0 Å². The lowest BCUT2D eigenvalue weighted by Gasteiger charge is -2.29. The number of aliphatic hydroxyl groups excluding tert-OH is 2. The van der Waals surface area contributed by atoms with Crippen molar-refractivity contribution >= 4 is 11.6 Å². The Morgan fingerprint density at radius 3 is 2.50 bits per heavy atom. The first-order valence-corrected chi connectivity index (χ1v) is 4.71. The normalized spacial score (nSPS) is 48.2. The third-order valence-electron chi connectivity index (χ3n) is 2.87. The Hall–Kier alpha value is 0.170. The van der Waals surface area contributed by atoms with Gasteiger partial charge in [0, 0.05) is 0 Å². The molecule has 0 aromatic carbocycles. The Bertz CT molecular complexity index is 183. The van der Waals surface area contributed by atoms with Gasteiger partial charge in [0.15, 0.2) is 0 Å². The summed E-state index contributed by atoms with van der Waals surface area (Å²) in [7, 11) is 0. The van der Waals surface area contributed by atoms with Crippen molar-refractivity contribution in [3.63, 3.8) is 0 Å². The molecule has 2 aliphatic rings. The van der Waals surface area contributed by atoms with Crippen LogP contribution in [0.1, 0.15) is 12.8 Å². The van der Waals surface area contributed by atoms with E-state index in [4.69, 9.17) is 16.3 Å². The Kier molecular flexibility index (Phi) is 2.07. The van der Waals surface area contributed by atoms with Crippen LogP contribution in [0.3, 0.4) is 0 Å². The van der Waals surface area contributed by atoms with Gasteiger partial charge in [0.1, 0.15) is 11.7 Å². The zero-order valence-electron chi connectivity index (χ0n) is 6.74. The van der Waals surface area contributed by atoms with Gasteiger partial charge >= 0.3 is 0 Å². The summed E-state index contributed by atoms with van der Waals surface area (Å²) in [5.74, 6) is 0.307. The van der Waals surface area contributed by atoms with Crippen molar-refractivity contribution in [3.8, 4) is 0 Å². The largest absolute Gasteiger partial charge is 0.393 e. The van der Waals surface area contributed by atoms with E-state index in [0.717, 1.165) is 12.8 Å². The molecule has 1 saturated heterocycles. The van der Waals surface area contributed by atoms with Gasteiger partial charge in [-0.2, -0.15) is 0 Å². The maximum Gasteiger partial charge on any atom is 0.121 e. The quantitative estimate of drug-likeness (QED) is 0.612. The molecular formula is C8H13ClO3. The minimum absolute atomic E-state index is 0.123. The van der Waals surface area contributed by atoms with Crippen molar-refractivity contribution in [2.45, 2.75) is 29.9 Å². The minimum Gasteiger partial charge on any atom is -0.393 e. The van der Waals surface area contributed by atoms with Crippen molar-refractivity contribution in [2.75, 3.05) is 13.2 Å². The van der Waals surface area contributed by atoms with Crippen molar-refractivity contribution in [2.24, 2.45) is 5.92 Å². The molecule has 0 amide bonds. The predicted octanol–water partition coefficient (Wildman–Crippen LogP) is 0.126. The fourth-order valence-electron chi connectivity index (χ4n) is 1.92. The van der Waals surface area contributed by atoms with Crippen LogP contribution in [0.25, 0.3) is 0 Å². The first-order chi connectivity index (χ1) is 5.70. The smallest absolute Gasteiger partial charge is 0.121 e. The summed E-state index contributed by atoms with van der Waals surface area (Å²) in [5, 5.41) is 18.5. The van der Waals surface area contributed by atoms with Crippen LogP contribution in [0.2, 0.25) is 0 Å². The molecule has 1 saturated carbocycles. The molecule has 3 nitrogen and oxygen atoms in total. The Labute approximate surface area is 76.3 Å². The van der Waals surface area contributed by atoms with E-state index in [-0.39, 0.29) is 12.0 Å². The maximum absolute atomic E-state index is 9.70. The molecule has 0 aromatic rings. The number of alkyl halides is 1. The van der Waals surface area contributed by atoms with Gasteiger partial charge in [0.05, 0.1) is 18.6 Å². The number of ether oxygens (including phenoxy) is 1. The molecule has 1 aliphatic carbocycles. The van der Waals surface area contributed by atoms with Crippen molar-refractivity contribution < 1.29 is 14.9 Å². The van der Waals surface area contributed by atoms with Gasteiger partial charge in [-0.05, 0) is 18.8 Å². The van der Waals surface area contributed by atoms with Crippen molar-refractivity contribution in [3.05, 3.63) is 0 Å². The minimum atomic E-state index is -0.744. The second-order valence-corrected chi connectivity index (χ2v) is 4.22. The van der Waals surface area contributed by atoms with E-state index in [2.05, 4.69) is 0 Å². The first kappa shape index (κ1) is 8.75. The topological polar surface area (TPSA) is 49.7 Å². The number of halogens is 1. The summed E-state index contributed by atoms with van der Waals surface area (Å²) in [4.78, 5) is 0. The van der Waals surface area contributed by atoms with Crippen LogP contribution < -0.4 is 0 Å². The number of hydrogen-bond donors (Lipinski definition) is 2. The molecule has 70 valence electrons. The Morgan fingerprint density at radius 2 is 2.17 bits per heavy atom. The van der Waals surface area contributed by atoms with Crippen LogP contribution >= 0.6 is 11.6 Å².